The maximum atomic E-state index is 11.5. The Bertz CT molecular complexity index is 596. The van der Waals surface area contributed by atoms with E-state index in [4.69, 9.17) is 4.74 Å². The van der Waals surface area contributed by atoms with Gasteiger partial charge in [0.05, 0.1) is 12.1 Å². The topological polar surface area (TPSA) is 87.7 Å². The van der Waals surface area contributed by atoms with Crippen molar-refractivity contribution in [2.24, 2.45) is 13.0 Å². The second-order valence-electron chi connectivity index (χ2n) is 4.92. The molecular formula is C12H18N6O2. The van der Waals surface area contributed by atoms with Crippen molar-refractivity contribution in [3.63, 3.8) is 0 Å². The third-order valence-corrected chi connectivity index (χ3v) is 2.85. The van der Waals surface area contributed by atoms with Crippen LogP contribution >= 0.6 is 0 Å². The Morgan fingerprint density at radius 3 is 2.60 bits per heavy atom. The lowest BCUT2D eigenvalue weighted by Crippen LogP contribution is -2.20. The van der Waals surface area contributed by atoms with Crippen molar-refractivity contribution in [2.75, 3.05) is 0 Å². The maximum absolute atomic E-state index is 11.5. The molecule has 0 aromatic carbocycles. The highest BCUT2D eigenvalue weighted by atomic mass is 16.6. The Morgan fingerprint density at radius 2 is 2.05 bits per heavy atom. The quantitative estimate of drug-likeness (QED) is 0.778. The molecule has 20 heavy (non-hydrogen) atoms. The van der Waals surface area contributed by atoms with Gasteiger partial charge in [0, 0.05) is 7.05 Å². The van der Waals surface area contributed by atoms with E-state index in [0.717, 1.165) is 11.3 Å². The van der Waals surface area contributed by atoms with Crippen LogP contribution < -0.4 is 0 Å². The molecule has 0 fully saturated rings. The van der Waals surface area contributed by atoms with Crippen LogP contribution in [0.25, 0.3) is 11.5 Å². The van der Waals surface area contributed by atoms with Gasteiger partial charge in [-0.15, -0.1) is 15.0 Å². The highest BCUT2D eigenvalue weighted by Crippen LogP contribution is 2.18. The molecule has 1 atom stereocenters. The monoisotopic (exact) mass is 278 g/mol. The number of aryl methyl sites for hydroxylation is 2. The number of tetrazole rings is 1. The number of hydrogen-bond donors (Lipinski definition) is 0. The van der Waals surface area contributed by atoms with Gasteiger partial charge in [-0.25, -0.2) is 0 Å². The summed E-state index contributed by atoms with van der Waals surface area (Å²) in [5, 5.41) is 16.3. The minimum absolute atomic E-state index is 0.195. The fourth-order valence-electron chi connectivity index (χ4n) is 1.69. The molecule has 0 saturated heterocycles. The summed E-state index contributed by atoms with van der Waals surface area (Å²) in [5.41, 5.74) is 1.75. The molecule has 1 unspecified atom stereocenters. The van der Waals surface area contributed by atoms with E-state index in [0.29, 0.717) is 5.82 Å². The number of rotatable bonds is 4. The van der Waals surface area contributed by atoms with Crippen LogP contribution in [0.3, 0.4) is 0 Å². The average molecular weight is 278 g/mol. The Morgan fingerprint density at radius 1 is 1.35 bits per heavy atom. The molecule has 0 radical (unpaired) electrons. The number of nitrogens with zero attached hydrogens (tertiary/aromatic N) is 6. The molecule has 108 valence electrons. The first-order valence-electron chi connectivity index (χ1n) is 6.39. The molecule has 8 nitrogen and oxygen atoms in total. The summed E-state index contributed by atoms with van der Waals surface area (Å²) in [6.07, 6.45) is 1.14. The van der Waals surface area contributed by atoms with Crippen LogP contribution in [0, 0.1) is 12.8 Å². The highest BCUT2D eigenvalue weighted by Gasteiger charge is 2.19. The Kier molecular flexibility index (Phi) is 3.82. The summed E-state index contributed by atoms with van der Waals surface area (Å²) in [5.74, 6) is -0.0391. The molecular weight excluding hydrogens is 260 g/mol. The van der Waals surface area contributed by atoms with Crippen LogP contribution in [0.1, 0.15) is 32.6 Å². The first-order chi connectivity index (χ1) is 9.40. The number of hydrogen-bond acceptors (Lipinski definition) is 6. The minimum Gasteiger partial charge on any atom is -0.438 e. The zero-order valence-electron chi connectivity index (χ0n) is 12.2. The summed E-state index contributed by atoms with van der Waals surface area (Å²) < 4.78 is 6.91. The Hall–Kier alpha value is -2.25. The van der Waals surface area contributed by atoms with Gasteiger partial charge in [-0.1, -0.05) is 13.8 Å². The number of carbonyl (C=O) groups excluding carboxylic acids is 1. The van der Waals surface area contributed by atoms with Crippen molar-refractivity contribution in [3.05, 3.63) is 11.8 Å². The van der Waals surface area contributed by atoms with Gasteiger partial charge in [0.1, 0.15) is 5.69 Å². The fraction of sp³-hybridized carbons (Fsp3) is 0.583. The second kappa shape index (κ2) is 5.40. The largest absolute Gasteiger partial charge is 0.438 e. The molecule has 0 N–H and O–H groups in total. The third-order valence-electron chi connectivity index (χ3n) is 2.85. The molecule has 2 heterocycles. The first-order valence-corrected chi connectivity index (χ1v) is 6.39. The van der Waals surface area contributed by atoms with Gasteiger partial charge in [-0.2, -0.15) is 5.10 Å². The number of aromatic nitrogens is 6. The van der Waals surface area contributed by atoms with E-state index in [1.54, 1.807) is 31.6 Å². The molecule has 0 saturated carbocycles. The predicted molar refractivity (Wildman–Crippen MR) is 70.4 cm³/mol. The van der Waals surface area contributed by atoms with Crippen LogP contribution in [0.5, 0.6) is 0 Å². The highest BCUT2D eigenvalue weighted by molar-refractivity contribution is 5.71. The fourth-order valence-corrected chi connectivity index (χ4v) is 1.69. The van der Waals surface area contributed by atoms with Crippen LogP contribution in [-0.4, -0.2) is 36.0 Å². The predicted octanol–water partition coefficient (Wildman–Crippen LogP) is 1.10. The van der Waals surface area contributed by atoms with E-state index < -0.39 is 6.23 Å². The lowest BCUT2D eigenvalue weighted by Gasteiger charge is -2.12. The van der Waals surface area contributed by atoms with Crippen LogP contribution in [0.15, 0.2) is 6.20 Å². The van der Waals surface area contributed by atoms with Gasteiger partial charge in [-0.05, 0) is 24.6 Å². The van der Waals surface area contributed by atoms with Crippen molar-refractivity contribution in [1.82, 2.24) is 30.0 Å². The molecule has 0 aliphatic heterocycles. The molecule has 0 aliphatic carbocycles. The van der Waals surface area contributed by atoms with E-state index in [2.05, 4.69) is 20.5 Å². The van der Waals surface area contributed by atoms with Crippen molar-refractivity contribution in [2.45, 2.75) is 33.9 Å². The van der Waals surface area contributed by atoms with E-state index in [1.165, 1.54) is 4.80 Å². The number of carbonyl (C=O) groups is 1. The standard InChI is InChI=1S/C12H18N6O2/c1-7(2)12(19)20-9(4)18-15-11(14-16-18)10-8(3)6-13-17(10)5/h6-7,9H,1-5H3. The number of esters is 1. The second-order valence-corrected chi connectivity index (χ2v) is 4.92. The van der Waals surface area contributed by atoms with Gasteiger partial charge in [0.15, 0.2) is 0 Å². The zero-order chi connectivity index (χ0) is 14.9. The molecule has 2 aromatic rings. The summed E-state index contributed by atoms with van der Waals surface area (Å²) in [6, 6.07) is 0. The first kappa shape index (κ1) is 14.2. The molecule has 2 rings (SSSR count). The van der Waals surface area contributed by atoms with Gasteiger partial charge >= 0.3 is 5.97 Å². The zero-order valence-corrected chi connectivity index (χ0v) is 12.2. The van der Waals surface area contributed by atoms with Gasteiger partial charge < -0.3 is 4.74 Å². The summed E-state index contributed by atoms with van der Waals surface area (Å²) in [7, 11) is 1.81. The molecule has 0 amide bonds. The smallest absolute Gasteiger partial charge is 0.310 e. The Labute approximate surface area is 116 Å². The van der Waals surface area contributed by atoms with Crippen molar-refractivity contribution in [3.8, 4) is 11.5 Å². The van der Waals surface area contributed by atoms with Crippen LogP contribution in [-0.2, 0) is 16.6 Å². The average Bonchev–Trinajstić information content (AvgIpc) is 2.96. The summed E-state index contributed by atoms with van der Waals surface area (Å²) in [4.78, 5) is 12.8. The minimum atomic E-state index is -0.598. The molecule has 2 aromatic heterocycles. The van der Waals surface area contributed by atoms with Crippen molar-refractivity contribution in [1.29, 1.82) is 0 Å². The third kappa shape index (κ3) is 2.68. The van der Waals surface area contributed by atoms with Gasteiger partial charge in [0.2, 0.25) is 12.1 Å². The van der Waals surface area contributed by atoms with Crippen LogP contribution in [0.4, 0.5) is 0 Å². The van der Waals surface area contributed by atoms with Gasteiger partial charge in [-0.3, -0.25) is 9.48 Å². The number of ether oxygens (including phenoxy) is 1. The van der Waals surface area contributed by atoms with Gasteiger partial charge in [0.25, 0.3) is 0 Å². The maximum Gasteiger partial charge on any atom is 0.310 e. The van der Waals surface area contributed by atoms with Crippen LogP contribution in [0.2, 0.25) is 0 Å². The molecule has 8 heteroatoms. The van der Waals surface area contributed by atoms with Crippen molar-refractivity contribution >= 4 is 5.97 Å². The lowest BCUT2D eigenvalue weighted by molar-refractivity contribution is -0.158. The van der Waals surface area contributed by atoms with Crippen molar-refractivity contribution < 1.29 is 9.53 Å². The van der Waals surface area contributed by atoms with E-state index in [9.17, 15) is 4.79 Å². The lowest BCUT2D eigenvalue weighted by atomic mass is 10.2. The normalized spacial score (nSPS) is 12.7. The molecule has 0 bridgehead atoms. The summed E-state index contributed by atoms with van der Waals surface area (Å²) >= 11 is 0. The Balaban J connectivity index is 2.19. The molecule has 0 aliphatic rings. The van der Waals surface area contributed by atoms with E-state index in [1.807, 2.05) is 14.0 Å². The van der Waals surface area contributed by atoms with E-state index >= 15 is 0 Å². The SMILES string of the molecule is Cc1cnn(C)c1-c1nnn(C(C)OC(=O)C(C)C)n1. The summed E-state index contributed by atoms with van der Waals surface area (Å²) in [6.45, 7) is 7.16. The molecule has 0 spiro atoms. The van der Waals surface area contributed by atoms with E-state index in [-0.39, 0.29) is 11.9 Å².